The van der Waals surface area contributed by atoms with Crippen LogP contribution in [-0.4, -0.2) is 23.0 Å². The summed E-state index contributed by atoms with van der Waals surface area (Å²) in [6.45, 7) is 0. The Labute approximate surface area is 90.4 Å². The van der Waals surface area contributed by atoms with E-state index < -0.39 is 0 Å². The molecule has 1 amide bonds. The Balaban J connectivity index is 1.90. The van der Waals surface area contributed by atoms with Crippen LogP contribution in [0, 0.1) is 0 Å². The van der Waals surface area contributed by atoms with E-state index in [0.717, 1.165) is 17.3 Å². The van der Waals surface area contributed by atoms with Gasteiger partial charge in [0.1, 0.15) is 5.69 Å². The molecule has 0 unspecified atom stereocenters. The lowest BCUT2D eigenvalue weighted by Crippen LogP contribution is -2.50. The Hall–Kier alpha value is -0.810. The van der Waals surface area contributed by atoms with Gasteiger partial charge in [0.2, 0.25) is 0 Å². The first kappa shape index (κ1) is 9.73. The largest absolute Gasteiger partial charge is 0.356 e. The topological polar surface area (TPSA) is 70.9 Å². The molecule has 1 heterocycles. The molecule has 1 aliphatic carbocycles. The van der Waals surface area contributed by atoms with Gasteiger partial charge in [0.15, 0.2) is 0 Å². The molecule has 4 N–H and O–H groups in total. The lowest BCUT2D eigenvalue weighted by Gasteiger charge is -2.32. The number of hydrogen-bond donors (Lipinski definition) is 3. The Morgan fingerprint density at radius 3 is 2.86 bits per heavy atom. The summed E-state index contributed by atoms with van der Waals surface area (Å²) in [4.78, 5) is 14.4. The van der Waals surface area contributed by atoms with Crippen molar-refractivity contribution in [1.29, 1.82) is 0 Å². The summed E-state index contributed by atoms with van der Waals surface area (Å²) in [7, 11) is 0. The second-order valence-electron chi connectivity index (χ2n) is 3.63. The number of nitrogens with one attached hydrogen (secondary N) is 2. The molecule has 0 aliphatic heterocycles. The molecule has 2 rings (SSSR count). The normalized spacial score (nSPS) is 25.6. The van der Waals surface area contributed by atoms with Crippen LogP contribution in [0.25, 0.3) is 0 Å². The van der Waals surface area contributed by atoms with Gasteiger partial charge in [-0.05, 0) is 34.8 Å². The van der Waals surface area contributed by atoms with E-state index in [0.29, 0.717) is 5.69 Å². The molecule has 76 valence electrons. The lowest BCUT2D eigenvalue weighted by atomic mass is 9.87. The van der Waals surface area contributed by atoms with E-state index in [2.05, 4.69) is 26.2 Å². The third kappa shape index (κ3) is 1.99. The number of H-pyrrole nitrogens is 1. The van der Waals surface area contributed by atoms with Gasteiger partial charge in [-0.3, -0.25) is 4.79 Å². The molecule has 14 heavy (non-hydrogen) atoms. The summed E-state index contributed by atoms with van der Waals surface area (Å²) < 4.78 is 0.882. The van der Waals surface area contributed by atoms with E-state index in [1.807, 2.05) is 0 Å². The Kier molecular flexibility index (Phi) is 2.60. The molecular weight excluding hydrogens is 246 g/mol. The fraction of sp³-hybridized carbons (Fsp3) is 0.444. The highest BCUT2D eigenvalue weighted by Gasteiger charge is 2.27. The number of nitrogens with two attached hydrogens (primary N) is 1. The Bertz CT molecular complexity index is 344. The van der Waals surface area contributed by atoms with Crippen LogP contribution in [0.5, 0.6) is 0 Å². The van der Waals surface area contributed by atoms with Crippen molar-refractivity contribution < 1.29 is 4.79 Å². The highest BCUT2D eigenvalue weighted by atomic mass is 79.9. The standard InChI is InChI=1S/C9H12BrN3O/c10-5-1-8(12-4-5)9(14)13-7-2-6(11)3-7/h1,4,6-7,12H,2-3,11H2,(H,13,14). The van der Waals surface area contributed by atoms with Crippen molar-refractivity contribution in [3.8, 4) is 0 Å². The second kappa shape index (κ2) is 3.74. The molecule has 4 nitrogen and oxygen atoms in total. The number of halogens is 1. The van der Waals surface area contributed by atoms with Gasteiger partial charge in [0, 0.05) is 22.8 Å². The fourth-order valence-corrected chi connectivity index (χ4v) is 1.89. The summed E-state index contributed by atoms with van der Waals surface area (Å²) in [5.41, 5.74) is 6.20. The van der Waals surface area contributed by atoms with Crippen LogP contribution in [0.1, 0.15) is 23.3 Å². The van der Waals surface area contributed by atoms with Crippen molar-refractivity contribution in [3.63, 3.8) is 0 Å². The van der Waals surface area contributed by atoms with Gasteiger partial charge < -0.3 is 16.0 Å². The molecule has 0 aromatic carbocycles. The molecule has 0 saturated heterocycles. The van der Waals surface area contributed by atoms with Gasteiger partial charge in [-0.1, -0.05) is 0 Å². The van der Waals surface area contributed by atoms with Gasteiger partial charge >= 0.3 is 0 Å². The zero-order valence-corrected chi connectivity index (χ0v) is 9.17. The van der Waals surface area contributed by atoms with Gasteiger partial charge in [0.25, 0.3) is 5.91 Å². The zero-order valence-electron chi connectivity index (χ0n) is 7.59. The fourth-order valence-electron chi connectivity index (χ4n) is 1.54. The molecule has 1 aromatic heterocycles. The van der Waals surface area contributed by atoms with Crippen LogP contribution in [0.3, 0.4) is 0 Å². The van der Waals surface area contributed by atoms with Crippen molar-refractivity contribution in [1.82, 2.24) is 10.3 Å². The van der Waals surface area contributed by atoms with Crippen molar-refractivity contribution in [2.45, 2.75) is 24.9 Å². The van der Waals surface area contributed by atoms with Gasteiger partial charge in [-0.15, -0.1) is 0 Å². The van der Waals surface area contributed by atoms with E-state index >= 15 is 0 Å². The molecule has 1 saturated carbocycles. The maximum atomic E-state index is 11.6. The van der Waals surface area contributed by atoms with Crippen LogP contribution in [0.4, 0.5) is 0 Å². The summed E-state index contributed by atoms with van der Waals surface area (Å²) in [5, 5.41) is 2.91. The summed E-state index contributed by atoms with van der Waals surface area (Å²) in [6.07, 6.45) is 3.50. The number of rotatable bonds is 2. The minimum atomic E-state index is -0.0624. The predicted molar refractivity (Wildman–Crippen MR) is 57.0 cm³/mol. The van der Waals surface area contributed by atoms with E-state index in [4.69, 9.17) is 5.73 Å². The van der Waals surface area contributed by atoms with Crippen LogP contribution < -0.4 is 11.1 Å². The summed E-state index contributed by atoms with van der Waals surface area (Å²) in [5.74, 6) is -0.0624. The van der Waals surface area contributed by atoms with Crippen molar-refractivity contribution in [3.05, 3.63) is 22.4 Å². The molecule has 0 spiro atoms. The smallest absolute Gasteiger partial charge is 0.267 e. The maximum Gasteiger partial charge on any atom is 0.267 e. The molecule has 0 radical (unpaired) electrons. The van der Waals surface area contributed by atoms with Gasteiger partial charge in [0.05, 0.1) is 0 Å². The third-order valence-corrected chi connectivity index (χ3v) is 2.86. The molecule has 0 bridgehead atoms. The third-order valence-electron chi connectivity index (χ3n) is 2.40. The summed E-state index contributed by atoms with van der Waals surface area (Å²) in [6, 6.07) is 2.27. The first-order valence-electron chi connectivity index (χ1n) is 4.55. The van der Waals surface area contributed by atoms with Gasteiger partial charge in [-0.25, -0.2) is 0 Å². The second-order valence-corrected chi connectivity index (χ2v) is 4.55. The van der Waals surface area contributed by atoms with Gasteiger partial charge in [-0.2, -0.15) is 0 Å². The summed E-state index contributed by atoms with van der Waals surface area (Å²) >= 11 is 3.28. The van der Waals surface area contributed by atoms with Crippen LogP contribution in [0.2, 0.25) is 0 Å². The monoisotopic (exact) mass is 257 g/mol. The number of amides is 1. The lowest BCUT2D eigenvalue weighted by molar-refractivity contribution is 0.0906. The Morgan fingerprint density at radius 1 is 1.64 bits per heavy atom. The first-order chi connectivity index (χ1) is 6.65. The Morgan fingerprint density at radius 2 is 2.36 bits per heavy atom. The average Bonchev–Trinajstić information content (AvgIpc) is 2.49. The molecule has 1 aliphatic rings. The molecular formula is C9H12BrN3O. The molecule has 1 aromatic rings. The van der Waals surface area contributed by atoms with Crippen LogP contribution in [0.15, 0.2) is 16.7 Å². The van der Waals surface area contributed by atoms with Crippen LogP contribution >= 0.6 is 15.9 Å². The van der Waals surface area contributed by atoms with Crippen molar-refractivity contribution >= 4 is 21.8 Å². The molecule has 1 fully saturated rings. The number of carbonyl (C=O) groups is 1. The number of aromatic nitrogens is 1. The predicted octanol–water partition coefficient (Wildman–Crippen LogP) is 0.997. The number of carbonyl (C=O) groups excluding carboxylic acids is 1. The minimum Gasteiger partial charge on any atom is -0.356 e. The number of aromatic amines is 1. The van der Waals surface area contributed by atoms with Crippen molar-refractivity contribution in [2.24, 2.45) is 5.73 Å². The number of hydrogen-bond acceptors (Lipinski definition) is 2. The highest BCUT2D eigenvalue weighted by molar-refractivity contribution is 9.10. The van der Waals surface area contributed by atoms with Crippen molar-refractivity contribution in [2.75, 3.05) is 0 Å². The van der Waals surface area contributed by atoms with E-state index in [9.17, 15) is 4.79 Å². The van der Waals surface area contributed by atoms with Crippen LogP contribution in [-0.2, 0) is 0 Å². The average molecular weight is 258 g/mol. The molecule has 0 atom stereocenters. The molecule has 5 heteroatoms. The first-order valence-corrected chi connectivity index (χ1v) is 5.35. The minimum absolute atomic E-state index is 0.0624. The van der Waals surface area contributed by atoms with E-state index in [-0.39, 0.29) is 18.0 Å². The van der Waals surface area contributed by atoms with E-state index in [1.54, 1.807) is 12.3 Å². The zero-order chi connectivity index (χ0) is 10.1. The maximum absolute atomic E-state index is 11.6. The van der Waals surface area contributed by atoms with E-state index in [1.165, 1.54) is 0 Å². The SMILES string of the molecule is NC1CC(NC(=O)c2cc(Br)c[nH]2)C1. The highest BCUT2D eigenvalue weighted by Crippen LogP contribution is 2.18. The quantitative estimate of drug-likeness (QED) is 0.740.